The number of hydrogen-bond donors (Lipinski definition) is 4. The molecule has 0 radical (unpaired) electrons. The van der Waals surface area contributed by atoms with Crippen LogP contribution >= 0.6 is 39.1 Å². The molecule has 0 aliphatic carbocycles. The third-order valence-corrected chi connectivity index (χ3v) is 21.4. The van der Waals surface area contributed by atoms with Crippen molar-refractivity contribution in [3.8, 4) is 70.3 Å². The molecule has 4 N–H and O–H groups in total. The Balaban J connectivity index is 0.000000140. The molecule has 0 saturated carbocycles. The summed E-state index contributed by atoms with van der Waals surface area (Å²) in [5.74, 6) is 6.46. The largest absolute Gasteiger partial charge is 0.507 e. The minimum Gasteiger partial charge on any atom is -0.507 e. The molecule has 11 aromatic heterocycles. The fraction of sp³-hybridized carbons (Fsp3) is 0.154. The van der Waals surface area contributed by atoms with E-state index >= 15 is 0 Å². The second kappa shape index (κ2) is 47.9. The predicted molar refractivity (Wildman–Crippen MR) is 519 cm³/mol. The number of nitriles is 2. The number of benzene rings is 8. The van der Waals surface area contributed by atoms with Gasteiger partial charge in [0.2, 0.25) is 29.4 Å². The topological polar surface area (TPSA) is 302 Å². The third kappa shape index (κ3) is 26.8. The molecule has 0 saturated heterocycles. The number of phenolic OH excluding ortho intramolecular Hbond substituents is 2. The molecule has 8 aromatic carbocycles. The first-order valence-electron chi connectivity index (χ1n) is 41.4. The first kappa shape index (κ1) is 94.6. The fourth-order valence-corrected chi connectivity index (χ4v) is 14.4. The summed E-state index contributed by atoms with van der Waals surface area (Å²) in [5, 5.41) is 42.8. The van der Waals surface area contributed by atoms with Gasteiger partial charge in [0, 0.05) is 158 Å². The average molecular weight is 1850 g/mol. The van der Waals surface area contributed by atoms with E-state index in [1.807, 2.05) is 221 Å². The SMILES string of the molecule is BrCc1ccccc1.COc1ccc(CCl)cn1.COc1ccc(Cn2c(C)cc3c(O)cccc32)cn1.COc1ccc(Cn2c(C)cc3c(OCc4ccccc4)cccc32)cn1.COc1ccc(Cn2c(C)cc3c(Oc4cc(C#N)ncn4)cccc32)cn1.Cc1cc2c(O)cccc2[nH]1.Cc1cc2c(OCc3ccccc3)cccc2[nH]1.N#Cc1cc(Cl)ncn1. The molecule has 0 spiro atoms. The molecule has 662 valence electrons. The van der Waals surface area contributed by atoms with Crippen molar-refractivity contribution in [1.82, 2.24) is 63.5 Å². The first-order chi connectivity index (χ1) is 63.8. The van der Waals surface area contributed by atoms with E-state index in [2.05, 4.69) is 167 Å². The van der Waals surface area contributed by atoms with Crippen LogP contribution in [0.15, 0.2) is 310 Å². The molecular weight excluding hydrogens is 1750 g/mol. The molecule has 19 rings (SSSR count). The van der Waals surface area contributed by atoms with Gasteiger partial charge in [-0.05, 0) is 165 Å². The number of aromatic hydroxyl groups is 2. The van der Waals surface area contributed by atoms with Crippen LogP contribution in [0.3, 0.4) is 0 Å². The summed E-state index contributed by atoms with van der Waals surface area (Å²) in [7, 11) is 6.42. The van der Waals surface area contributed by atoms with Crippen LogP contribution in [0.4, 0.5) is 0 Å². The summed E-state index contributed by atoms with van der Waals surface area (Å²) < 4.78 is 44.8. The highest BCUT2D eigenvalue weighted by Crippen LogP contribution is 2.35. The van der Waals surface area contributed by atoms with Gasteiger partial charge in [0.15, 0.2) is 0 Å². The van der Waals surface area contributed by atoms with E-state index in [4.69, 9.17) is 66.9 Å². The van der Waals surface area contributed by atoms with Gasteiger partial charge in [0.25, 0.3) is 0 Å². The summed E-state index contributed by atoms with van der Waals surface area (Å²) >= 11 is 14.3. The van der Waals surface area contributed by atoms with Crippen LogP contribution < -0.4 is 33.2 Å². The quantitative estimate of drug-likeness (QED) is 0.0407. The Bertz CT molecular complexity index is 6930. The predicted octanol–water partition coefficient (Wildman–Crippen LogP) is 23.6. The van der Waals surface area contributed by atoms with Crippen LogP contribution in [0.25, 0.3) is 54.5 Å². The molecule has 0 fully saturated rings. The van der Waals surface area contributed by atoms with Gasteiger partial charge in [-0.25, -0.2) is 39.9 Å². The lowest BCUT2D eigenvalue weighted by Crippen LogP contribution is -2.02. The number of aryl methyl sites for hydroxylation is 5. The average Bonchev–Trinajstić information content (AvgIpc) is 1.65. The highest BCUT2D eigenvalue weighted by molar-refractivity contribution is 9.08. The van der Waals surface area contributed by atoms with Crippen LogP contribution in [0.2, 0.25) is 5.15 Å². The summed E-state index contributed by atoms with van der Waals surface area (Å²) in [5.41, 5.74) is 19.5. The van der Waals surface area contributed by atoms with Crippen LogP contribution in [0, 0.1) is 57.3 Å². The van der Waals surface area contributed by atoms with Crippen molar-refractivity contribution >= 4 is 93.6 Å². The van der Waals surface area contributed by atoms with Crippen molar-refractivity contribution in [3.63, 3.8) is 0 Å². The van der Waals surface area contributed by atoms with Gasteiger partial charge in [0.1, 0.15) is 83.3 Å². The maximum Gasteiger partial charge on any atom is 0.223 e. The number of nitrogens with one attached hydrogen (secondary N) is 2. The molecular formula is C104H96BrCl2N15O9. The molecule has 0 atom stereocenters. The third-order valence-electron chi connectivity index (χ3n) is 20.3. The maximum atomic E-state index is 9.90. The Hall–Kier alpha value is -15.5. The number of aromatic nitrogens is 13. The molecule has 0 amide bonds. The molecule has 131 heavy (non-hydrogen) atoms. The summed E-state index contributed by atoms with van der Waals surface area (Å²) in [6.07, 6.45) is 9.76. The Morgan fingerprint density at radius 2 is 0.733 bits per heavy atom. The molecule has 27 heteroatoms. The van der Waals surface area contributed by atoms with Crippen molar-refractivity contribution in [3.05, 3.63) is 394 Å². The zero-order chi connectivity index (χ0) is 92.4. The summed E-state index contributed by atoms with van der Waals surface area (Å²) in [6, 6.07) is 92.3. The van der Waals surface area contributed by atoms with Crippen molar-refractivity contribution in [2.75, 3.05) is 28.4 Å². The van der Waals surface area contributed by atoms with E-state index < -0.39 is 0 Å². The summed E-state index contributed by atoms with van der Waals surface area (Å²) in [6.45, 7) is 13.6. The lowest BCUT2D eigenvalue weighted by atomic mass is 10.2. The number of phenols is 2. The number of methoxy groups -OCH3 is 4. The maximum absolute atomic E-state index is 9.90. The Morgan fingerprint density at radius 1 is 0.359 bits per heavy atom. The smallest absolute Gasteiger partial charge is 0.223 e. The van der Waals surface area contributed by atoms with Gasteiger partial charge in [-0.3, -0.25) is 0 Å². The Labute approximate surface area is 777 Å². The van der Waals surface area contributed by atoms with Crippen molar-refractivity contribution < 1.29 is 43.4 Å². The zero-order valence-corrected chi connectivity index (χ0v) is 76.7. The van der Waals surface area contributed by atoms with E-state index in [1.54, 1.807) is 52.8 Å². The molecule has 0 aliphatic rings. The molecule has 0 aliphatic heterocycles. The Morgan fingerprint density at radius 3 is 1.15 bits per heavy atom. The normalized spacial score (nSPS) is 10.4. The zero-order valence-electron chi connectivity index (χ0n) is 73.6. The van der Waals surface area contributed by atoms with E-state index in [0.717, 1.165) is 135 Å². The number of fused-ring (bicyclic) bond motifs is 5. The number of ether oxygens (including phenoxy) is 7. The van der Waals surface area contributed by atoms with E-state index in [0.29, 0.717) is 77.4 Å². The van der Waals surface area contributed by atoms with Crippen LogP contribution in [0.5, 0.6) is 58.1 Å². The molecule has 11 heterocycles. The number of pyridine rings is 4. The van der Waals surface area contributed by atoms with Crippen LogP contribution in [-0.2, 0) is 44.1 Å². The highest BCUT2D eigenvalue weighted by atomic mass is 79.9. The number of aromatic amines is 2. The standard InChI is InChI=1S/C23H22N2O2.C21H17N5O2.C16H16N2O2.C16H15NO.C9H9NO.C7H7Br.C7H8ClNO.C5H2ClN3/c1-17-13-20-21(25(17)15-19-11-12-23(26-2)24-14-19)9-6-10-22(20)27-16-18-7-4-3-5-8-18;1-14-8-17-18(26(14)12-15-6-7-20(27-2)23-11-15)4-3-5-19(17)28-21-9-16(10-22)24-13-25-21;1-11-8-13-14(4-3-5-15(13)19)18(11)10-12-6-7-16(20-2)17-9-12;1-12-10-14-15(17-12)8-5-9-16(14)18-11-13-6-3-2-4-7-13;1-6-5-7-8(10-6)3-2-4-9(7)11;8-6-7-4-2-1-3-5-7;1-10-7-3-2-6(4-8)5-9-7;6-5-1-4(2-7)8-3-9-5/h3-14H,15-16H2,1-2H3;3-9,11,13H,12H2,1-2H3;3-9,19H,10H2,1-2H3;2-10,17H,11H2,1H3;2-5,10-11H,1H3;1-5H,6H2;2-3,5H,4H2,1H3;1,3H. The van der Waals surface area contributed by atoms with Gasteiger partial charge in [0.05, 0.1) is 45.0 Å². The van der Waals surface area contributed by atoms with Gasteiger partial charge < -0.3 is 67.0 Å². The minimum absolute atomic E-state index is 0.262. The lowest BCUT2D eigenvalue weighted by Gasteiger charge is -2.10. The molecule has 0 bridgehead atoms. The van der Waals surface area contributed by atoms with Crippen molar-refractivity contribution in [2.24, 2.45) is 0 Å². The van der Waals surface area contributed by atoms with Crippen molar-refractivity contribution in [2.45, 2.75) is 78.7 Å². The number of hydrogen-bond acceptors (Lipinski definition) is 19. The van der Waals surface area contributed by atoms with E-state index in [-0.39, 0.29) is 11.4 Å². The van der Waals surface area contributed by atoms with Crippen LogP contribution in [0.1, 0.15) is 78.8 Å². The second-order valence-electron chi connectivity index (χ2n) is 29.5. The number of halogens is 3. The van der Waals surface area contributed by atoms with Gasteiger partial charge in [-0.15, -0.1) is 11.6 Å². The second-order valence-corrected chi connectivity index (χ2v) is 30.7. The van der Waals surface area contributed by atoms with Gasteiger partial charge >= 0.3 is 0 Å². The molecule has 24 nitrogen and oxygen atoms in total. The number of H-pyrrole nitrogens is 2. The highest BCUT2D eigenvalue weighted by Gasteiger charge is 2.17. The number of alkyl halides is 2. The monoisotopic (exact) mass is 1850 g/mol. The van der Waals surface area contributed by atoms with Crippen molar-refractivity contribution in [1.29, 1.82) is 10.5 Å². The summed E-state index contributed by atoms with van der Waals surface area (Å²) in [4.78, 5) is 38.4. The van der Waals surface area contributed by atoms with Gasteiger partial charge in [-0.2, -0.15) is 10.5 Å². The lowest BCUT2D eigenvalue weighted by molar-refractivity contribution is 0.310. The van der Waals surface area contributed by atoms with Gasteiger partial charge in [-0.1, -0.05) is 173 Å². The first-order valence-corrected chi connectivity index (χ1v) is 43.4. The van der Waals surface area contributed by atoms with E-state index in [9.17, 15) is 10.2 Å². The van der Waals surface area contributed by atoms with Crippen LogP contribution in [-0.4, -0.2) is 102 Å². The number of nitrogens with zero attached hydrogens (tertiary/aromatic N) is 13. The fourth-order valence-electron chi connectivity index (χ4n) is 13.7. The minimum atomic E-state index is 0.262. The molecule has 0 unspecified atom stereocenters. The number of rotatable bonds is 20. The molecule has 19 aromatic rings. The Kier molecular flexibility index (Phi) is 34.6. The van der Waals surface area contributed by atoms with E-state index in [1.165, 1.54) is 41.6 Å².